The molecule has 1 aliphatic heterocycles. The van der Waals surface area contributed by atoms with E-state index in [4.69, 9.17) is 9.72 Å². The van der Waals surface area contributed by atoms with Crippen molar-refractivity contribution in [3.63, 3.8) is 0 Å². The van der Waals surface area contributed by atoms with Crippen LogP contribution in [0.5, 0.6) is 5.75 Å². The molecule has 0 spiro atoms. The molecule has 28 heavy (non-hydrogen) atoms. The first-order valence-electron chi connectivity index (χ1n) is 9.35. The summed E-state index contributed by atoms with van der Waals surface area (Å²) in [5.41, 5.74) is 4.27. The van der Waals surface area contributed by atoms with Gasteiger partial charge in [0.2, 0.25) is 5.78 Å². The lowest BCUT2D eigenvalue weighted by atomic mass is 10.2. The predicted octanol–water partition coefficient (Wildman–Crippen LogP) is 3.57. The van der Waals surface area contributed by atoms with Crippen molar-refractivity contribution in [2.24, 2.45) is 0 Å². The van der Waals surface area contributed by atoms with Gasteiger partial charge in [-0.2, -0.15) is 0 Å². The second-order valence-electron chi connectivity index (χ2n) is 6.94. The third kappa shape index (κ3) is 3.41. The number of para-hydroxylation sites is 2. The van der Waals surface area contributed by atoms with Gasteiger partial charge in [-0.1, -0.05) is 12.1 Å². The third-order valence-electron chi connectivity index (χ3n) is 5.27. The molecule has 146 valence electrons. The molecule has 2 aromatic heterocycles. The maximum absolute atomic E-state index is 9.54. The van der Waals surface area contributed by atoms with Crippen LogP contribution < -0.4 is 0 Å². The van der Waals surface area contributed by atoms with E-state index in [2.05, 4.69) is 44.3 Å². The average molecular weight is 443 g/mol. The second-order valence-corrected chi connectivity index (χ2v) is 6.94. The van der Waals surface area contributed by atoms with Gasteiger partial charge in [-0.05, 0) is 36.4 Å². The number of imidazole rings is 2. The highest BCUT2D eigenvalue weighted by Crippen LogP contribution is 2.26. The SMILES string of the molecule is Br.Oc1ccc(-c2cn3c4ccccc4n(CCN4CCOCC4)c3n2)cc1. The molecule has 4 aromatic rings. The van der Waals surface area contributed by atoms with E-state index in [1.807, 2.05) is 12.1 Å². The number of halogens is 1. The largest absolute Gasteiger partial charge is 0.508 e. The van der Waals surface area contributed by atoms with Crippen LogP contribution in [0.25, 0.3) is 28.1 Å². The van der Waals surface area contributed by atoms with Gasteiger partial charge >= 0.3 is 0 Å². The van der Waals surface area contributed by atoms with E-state index in [9.17, 15) is 5.11 Å². The van der Waals surface area contributed by atoms with Gasteiger partial charge in [0.25, 0.3) is 0 Å². The second kappa shape index (κ2) is 7.95. The Morgan fingerprint density at radius 2 is 1.64 bits per heavy atom. The number of nitrogens with zero attached hydrogens (tertiary/aromatic N) is 4. The van der Waals surface area contributed by atoms with Crippen molar-refractivity contribution in [1.82, 2.24) is 18.9 Å². The summed E-state index contributed by atoms with van der Waals surface area (Å²) in [4.78, 5) is 7.36. The fraction of sp³-hybridized carbons (Fsp3) is 0.286. The molecule has 0 amide bonds. The Morgan fingerprint density at radius 3 is 2.39 bits per heavy atom. The highest BCUT2D eigenvalue weighted by atomic mass is 79.9. The summed E-state index contributed by atoms with van der Waals surface area (Å²) in [6.07, 6.45) is 2.08. The zero-order valence-corrected chi connectivity index (χ0v) is 17.2. The molecule has 0 bridgehead atoms. The zero-order valence-electron chi connectivity index (χ0n) is 15.5. The minimum Gasteiger partial charge on any atom is -0.508 e. The van der Waals surface area contributed by atoms with Crippen LogP contribution >= 0.6 is 17.0 Å². The number of phenolic OH excluding ortho intramolecular Hbond substituents is 1. The van der Waals surface area contributed by atoms with Crippen LogP contribution in [-0.2, 0) is 11.3 Å². The summed E-state index contributed by atoms with van der Waals surface area (Å²) in [6.45, 7) is 5.49. The van der Waals surface area contributed by atoms with Gasteiger partial charge in [0, 0.05) is 37.9 Å². The standard InChI is InChI=1S/C21H22N4O2.BrH/c26-17-7-5-16(6-8-17)18-15-25-20-4-2-1-3-19(20)24(21(25)22-18)10-9-23-11-13-27-14-12-23;/h1-8,15,26H,9-14H2;1H. The van der Waals surface area contributed by atoms with E-state index in [0.29, 0.717) is 0 Å². The number of ether oxygens (including phenoxy) is 1. The van der Waals surface area contributed by atoms with Crippen LogP contribution in [0.1, 0.15) is 0 Å². The van der Waals surface area contributed by atoms with Crippen LogP contribution in [0.3, 0.4) is 0 Å². The van der Waals surface area contributed by atoms with E-state index in [-0.39, 0.29) is 22.7 Å². The third-order valence-corrected chi connectivity index (χ3v) is 5.27. The summed E-state index contributed by atoms with van der Waals surface area (Å²) in [6, 6.07) is 15.6. The normalized spacial score (nSPS) is 15.1. The van der Waals surface area contributed by atoms with Gasteiger partial charge in [-0.25, -0.2) is 4.98 Å². The number of fused-ring (bicyclic) bond motifs is 3. The Balaban J connectivity index is 0.00000192. The van der Waals surface area contributed by atoms with Crippen molar-refractivity contribution in [3.8, 4) is 17.0 Å². The monoisotopic (exact) mass is 442 g/mol. The molecule has 0 radical (unpaired) electrons. The Hall–Kier alpha value is -2.35. The van der Waals surface area contributed by atoms with Gasteiger partial charge in [0.05, 0.1) is 29.9 Å². The summed E-state index contributed by atoms with van der Waals surface area (Å²) in [5, 5.41) is 9.54. The van der Waals surface area contributed by atoms with Gasteiger partial charge in [-0.3, -0.25) is 9.30 Å². The fourth-order valence-electron chi connectivity index (χ4n) is 3.80. The smallest absolute Gasteiger partial charge is 0.215 e. The van der Waals surface area contributed by atoms with Crippen LogP contribution in [0.15, 0.2) is 54.7 Å². The first kappa shape index (κ1) is 19.0. The summed E-state index contributed by atoms with van der Waals surface area (Å²) in [5.74, 6) is 1.22. The number of hydrogen-bond donors (Lipinski definition) is 1. The maximum atomic E-state index is 9.54. The van der Waals surface area contributed by atoms with Crippen LogP contribution in [0.2, 0.25) is 0 Å². The molecular formula is C21H23BrN4O2. The molecule has 1 aliphatic rings. The number of morpholine rings is 1. The highest BCUT2D eigenvalue weighted by Gasteiger charge is 2.16. The number of aromatic nitrogens is 3. The molecule has 0 unspecified atom stereocenters. The lowest BCUT2D eigenvalue weighted by molar-refractivity contribution is 0.0366. The lowest BCUT2D eigenvalue weighted by Crippen LogP contribution is -2.38. The molecule has 1 saturated heterocycles. The van der Waals surface area contributed by atoms with Crippen LogP contribution in [-0.4, -0.2) is 56.8 Å². The molecule has 2 aromatic carbocycles. The number of phenols is 1. The molecule has 0 aliphatic carbocycles. The number of aromatic hydroxyl groups is 1. The Labute approximate surface area is 173 Å². The van der Waals surface area contributed by atoms with E-state index in [0.717, 1.165) is 61.9 Å². The van der Waals surface area contributed by atoms with E-state index >= 15 is 0 Å². The van der Waals surface area contributed by atoms with E-state index in [1.54, 1.807) is 12.1 Å². The molecule has 1 N–H and O–H groups in total. The Bertz CT molecular complexity index is 1080. The number of benzene rings is 2. The Morgan fingerprint density at radius 1 is 0.929 bits per heavy atom. The van der Waals surface area contributed by atoms with Gasteiger partial charge < -0.3 is 14.4 Å². The Kier molecular flexibility index (Phi) is 5.39. The minimum absolute atomic E-state index is 0. The summed E-state index contributed by atoms with van der Waals surface area (Å²) < 4.78 is 9.92. The maximum Gasteiger partial charge on any atom is 0.215 e. The van der Waals surface area contributed by atoms with Gasteiger partial charge in [0.15, 0.2) is 0 Å². The number of rotatable bonds is 4. The molecule has 6 nitrogen and oxygen atoms in total. The van der Waals surface area contributed by atoms with Crippen molar-refractivity contribution in [3.05, 3.63) is 54.7 Å². The van der Waals surface area contributed by atoms with Crippen molar-refractivity contribution in [2.45, 2.75) is 6.54 Å². The zero-order chi connectivity index (χ0) is 18.2. The summed E-state index contributed by atoms with van der Waals surface area (Å²) >= 11 is 0. The first-order chi connectivity index (χ1) is 13.3. The molecule has 3 heterocycles. The summed E-state index contributed by atoms with van der Waals surface area (Å²) in [7, 11) is 0. The molecule has 1 fully saturated rings. The molecule has 0 atom stereocenters. The van der Waals surface area contributed by atoms with Crippen molar-refractivity contribution in [1.29, 1.82) is 0 Å². The van der Waals surface area contributed by atoms with Crippen LogP contribution in [0.4, 0.5) is 0 Å². The van der Waals surface area contributed by atoms with Gasteiger partial charge in [-0.15, -0.1) is 17.0 Å². The fourth-order valence-corrected chi connectivity index (χ4v) is 3.80. The van der Waals surface area contributed by atoms with Crippen molar-refractivity contribution >= 4 is 33.8 Å². The predicted molar refractivity (Wildman–Crippen MR) is 115 cm³/mol. The molecule has 0 saturated carbocycles. The quantitative estimate of drug-likeness (QED) is 0.524. The highest BCUT2D eigenvalue weighted by molar-refractivity contribution is 8.93. The van der Waals surface area contributed by atoms with E-state index < -0.39 is 0 Å². The number of hydrogen-bond acceptors (Lipinski definition) is 4. The molecular weight excluding hydrogens is 420 g/mol. The molecule has 5 rings (SSSR count). The minimum atomic E-state index is 0. The van der Waals surface area contributed by atoms with Crippen molar-refractivity contribution < 1.29 is 9.84 Å². The topological polar surface area (TPSA) is 54.9 Å². The average Bonchev–Trinajstić information content (AvgIpc) is 3.26. The van der Waals surface area contributed by atoms with Gasteiger partial charge in [0.1, 0.15) is 5.75 Å². The lowest BCUT2D eigenvalue weighted by Gasteiger charge is -2.26. The van der Waals surface area contributed by atoms with Crippen molar-refractivity contribution in [2.75, 3.05) is 32.8 Å². The molecule has 7 heteroatoms. The van der Waals surface area contributed by atoms with Crippen LogP contribution in [0, 0.1) is 0 Å². The first-order valence-corrected chi connectivity index (χ1v) is 9.35. The van der Waals surface area contributed by atoms with E-state index in [1.165, 1.54) is 5.52 Å².